The van der Waals surface area contributed by atoms with Gasteiger partial charge in [-0.3, -0.25) is 9.59 Å². The monoisotopic (exact) mass is 954 g/mol. The summed E-state index contributed by atoms with van der Waals surface area (Å²) in [7, 11) is 0. The minimum absolute atomic E-state index is 0.0127. The number of esters is 2. The predicted octanol–water partition coefficient (Wildman–Crippen LogP) is 15.1. The van der Waals surface area contributed by atoms with Gasteiger partial charge >= 0.3 is 11.9 Å². The van der Waals surface area contributed by atoms with Gasteiger partial charge in [0, 0.05) is 71.2 Å². The average molecular weight is 954 g/mol. The topological polar surface area (TPSA) is 88.2 Å². The maximum absolute atomic E-state index is 13.2. The predicted molar refractivity (Wildman–Crippen MR) is 294 cm³/mol. The number of nitrogens with zero attached hydrogens (tertiary/aromatic N) is 2. The van der Waals surface area contributed by atoms with Crippen molar-refractivity contribution in [3.8, 4) is 0 Å². The van der Waals surface area contributed by atoms with Crippen LogP contribution in [0.25, 0.3) is 10.8 Å². The van der Waals surface area contributed by atoms with Gasteiger partial charge in [-0.25, -0.2) is 4.79 Å². The second-order valence-corrected chi connectivity index (χ2v) is 19.9. The molecule has 8 nitrogen and oxygen atoms in total. The van der Waals surface area contributed by atoms with Gasteiger partial charge < -0.3 is 24.6 Å². The maximum Gasteiger partial charge on any atom is 0.333 e. The molecule has 0 heterocycles. The lowest BCUT2D eigenvalue weighted by molar-refractivity contribution is -0.152. The van der Waals surface area contributed by atoms with E-state index in [9.17, 15) is 14.4 Å². The zero-order valence-electron chi connectivity index (χ0n) is 43.8. The number of nitrogens with one attached hydrogen (secondary N) is 1. The van der Waals surface area contributed by atoms with Gasteiger partial charge in [0.1, 0.15) is 11.9 Å². The molecule has 1 aliphatic carbocycles. The molecule has 7 rings (SSSR count). The first-order chi connectivity index (χ1) is 34.2. The van der Waals surface area contributed by atoms with Gasteiger partial charge in [-0.1, -0.05) is 117 Å². The average Bonchev–Trinajstić information content (AvgIpc) is 3.34. The molecule has 1 aliphatic rings. The maximum atomic E-state index is 13.2. The molecule has 0 aromatic heterocycles. The van der Waals surface area contributed by atoms with E-state index in [2.05, 4.69) is 186 Å². The first-order valence-electron chi connectivity index (χ1n) is 25.9. The lowest BCUT2D eigenvalue weighted by atomic mass is 9.82. The van der Waals surface area contributed by atoms with Crippen LogP contribution in [0.15, 0.2) is 121 Å². The molecule has 6 aromatic carbocycles. The van der Waals surface area contributed by atoms with Crippen LogP contribution in [0.5, 0.6) is 0 Å². The Bertz CT molecular complexity index is 2690. The van der Waals surface area contributed by atoms with Crippen LogP contribution in [0.4, 0.5) is 28.4 Å². The second kappa shape index (κ2) is 24.0. The number of hydrogen-bond donors (Lipinski definition) is 1. The Labute approximate surface area is 423 Å². The number of ketones is 1. The zero-order valence-corrected chi connectivity index (χ0v) is 43.8. The standard InChI is InChI=1S/C63H75N3O5/c1-11-34-65(61-44(7)37-42(5)38-45(61)8)50-25-21-48(22-26-50)60(49-23-27-51(28-24-49)66(35-12-2)62-46(9)39-43(6)40-47(62)10)55-30-31-56(54-18-14-13-17-53(54)55)64-57-19-15-16-20-58(57)71-59(68)32-29-52(67)33-36-70-63(69)41(3)4/h13-14,17-18,21-28,30-31,37-40,57-58,60,64H,3,11-12,15-16,19-20,29,32-36H2,1-2,4-10H3. The molecule has 0 amide bonds. The Morgan fingerprint density at radius 1 is 0.648 bits per heavy atom. The van der Waals surface area contributed by atoms with Crippen molar-refractivity contribution in [2.45, 2.75) is 138 Å². The lowest BCUT2D eigenvalue weighted by Crippen LogP contribution is -2.39. The van der Waals surface area contributed by atoms with Gasteiger partial charge in [-0.2, -0.15) is 0 Å². The fourth-order valence-corrected chi connectivity index (χ4v) is 10.9. The molecule has 0 aliphatic heterocycles. The third-order valence-electron chi connectivity index (χ3n) is 13.9. The van der Waals surface area contributed by atoms with Crippen molar-refractivity contribution in [1.29, 1.82) is 0 Å². The van der Waals surface area contributed by atoms with Gasteiger partial charge in [0.25, 0.3) is 0 Å². The normalized spacial score (nSPS) is 14.6. The number of rotatable bonds is 21. The van der Waals surface area contributed by atoms with Crippen molar-refractivity contribution >= 4 is 56.9 Å². The van der Waals surface area contributed by atoms with Gasteiger partial charge in [0.15, 0.2) is 0 Å². The first kappa shape index (κ1) is 52.2. The van der Waals surface area contributed by atoms with Crippen LogP contribution in [-0.4, -0.2) is 49.6 Å². The summed E-state index contributed by atoms with van der Waals surface area (Å²) in [6.45, 7) is 24.7. The van der Waals surface area contributed by atoms with Crippen LogP contribution in [0.2, 0.25) is 0 Å². The van der Waals surface area contributed by atoms with E-state index in [4.69, 9.17) is 9.47 Å². The Kier molecular flexibility index (Phi) is 17.6. The number of Topliss-reactive ketones (excluding diaryl/α,β-unsaturated/α-hetero) is 1. The molecule has 0 bridgehead atoms. The van der Waals surface area contributed by atoms with Crippen LogP contribution in [-0.2, 0) is 23.9 Å². The zero-order chi connectivity index (χ0) is 50.8. The van der Waals surface area contributed by atoms with Crippen LogP contribution >= 0.6 is 0 Å². The number of hydrogen-bond acceptors (Lipinski definition) is 8. The lowest BCUT2D eigenvalue weighted by Gasteiger charge is -2.33. The highest BCUT2D eigenvalue weighted by molar-refractivity contribution is 5.97. The van der Waals surface area contributed by atoms with E-state index < -0.39 is 5.97 Å². The Morgan fingerprint density at radius 2 is 1.15 bits per heavy atom. The number of carbonyl (C=O) groups is 3. The highest BCUT2D eigenvalue weighted by Crippen LogP contribution is 2.42. The molecule has 1 saturated carbocycles. The number of ether oxygens (including phenoxy) is 2. The van der Waals surface area contributed by atoms with Crippen molar-refractivity contribution in [3.05, 3.63) is 171 Å². The van der Waals surface area contributed by atoms with Gasteiger partial charge in [0.2, 0.25) is 0 Å². The van der Waals surface area contributed by atoms with Gasteiger partial charge in [-0.05, 0) is 155 Å². The molecule has 0 spiro atoms. The van der Waals surface area contributed by atoms with Crippen LogP contribution in [0, 0.1) is 41.5 Å². The minimum Gasteiger partial charge on any atom is -0.462 e. The summed E-state index contributed by atoms with van der Waals surface area (Å²) in [6, 6.07) is 40.7. The minimum atomic E-state index is -0.526. The summed E-state index contributed by atoms with van der Waals surface area (Å²) in [5, 5.41) is 6.11. The Morgan fingerprint density at radius 3 is 1.66 bits per heavy atom. The third kappa shape index (κ3) is 12.6. The fourth-order valence-electron chi connectivity index (χ4n) is 10.9. The van der Waals surface area contributed by atoms with Crippen molar-refractivity contribution in [1.82, 2.24) is 0 Å². The smallest absolute Gasteiger partial charge is 0.333 e. The SMILES string of the molecule is C=C(C)C(=O)OCCC(=O)CCC(=O)OC1CCCCC1Nc1ccc(C(c2ccc(N(CCC)c3c(C)cc(C)cc3C)cc2)c2ccc(N(CCC)c3c(C)cc(C)cc3C)cc2)c2ccccc12. The molecule has 1 fully saturated rings. The summed E-state index contributed by atoms with van der Waals surface area (Å²) < 4.78 is 11.2. The summed E-state index contributed by atoms with van der Waals surface area (Å²) in [5.74, 6) is -1.14. The number of carbonyl (C=O) groups excluding carboxylic acids is 3. The van der Waals surface area contributed by atoms with Crippen LogP contribution in [0.3, 0.4) is 0 Å². The number of fused-ring (bicyclic) bond motifs is 1. The van der Waals surface area contributed by atoms with E-state index in [1.165, 1.54) is 72.8 Å². The molecule has 6 aromatic rings. The van der Waals surface area contributed by atoms with E-state index in [1.54, 1.807) is 6.92 Å². The van der Waals surface area contributed by atoms with Crippen molar-refractivity contribution in [3.63, 3.8) is 0 Å². The van der Waals surface area contributed by atoms with E-state index in [-0.39, 0.29) is 61.3 Å². The first-order valence-corrected chi connectivity index (χ1v) is 25.9. The van der Waals surface area contributed by atoms with Crippen molar-refractivity contribution in [2.24, 2.45) is 0 Å². The quantitative estimate of drug-likeness (QED) is 0.0434. The molecule has 0 saturated heterocycles. The summed E-state index contributed by atoms with van der Waals surface area (Å²) in [4.78, 5) is 42.4. The molecular weight excluding hydrogens is 879 g/mol. The summed E-state index contributed by atoms with van der Waals surface area (Å²) >= 11 is 0. The molecule has 2 atom stereocenters. The van der Waals surface area contributed by atoms with Crippen molar-refractivity contribution in [2.75, 3.05) is 34.8 Å². The number of anilines is 5. The molecule has 2 unspecified atom stereocenters. The van der Waals surface area contributed by atoms with E-state index in [0.717, 1.165) is 68.1 Å². The van der Waals surface area contributed by atoms with Crippen LogP contribution < -0.4 is 15.1 Å². The summed E-state index contributed by atoms with van der Waals surface area (Å²) in [5.41, 5.74) is 17.5. The van der Waals surface area contributed by atoms with Gasteiger partial charge in [-0.15, -0.1) is 0 Å². The highest BCUT2D eigenvalue weighted by Gasteiger charge is 2.30. The Hall–Kier alpha value is -6.67. The summed E-state index contributed by atoms with van der Waals surface area (Å²) in [6.07, 6.45) is 5.38. The van der Waals surface area contributed by atoms with E-state index >= 15 is 0 Å². The fraction of sp³-hybridized carbons (Fsp3) is 0.381. The second-order valence-electron chi connectivity index (χ2n) is 19.9. The van der Waals surface area contributed by atoms with Crippen molar-refractivity contribution < 1.29 is 23.9 Å². The molecule has 372 valence electrons. The number of aryl methyl sites for hydroxylation is 6. The molecule has 8 heteroatoms. The highest BCUT2D eigenvalue weighted by atomic mass is 16.5. The van der Waals surface area contributed by atoms with Crippen LogP contribution in [0.1, 0.15) is 135 Å². The molecule has 71 heavy (non-hydrogen) atoms. The molecular formula is C63H75N3O5. The molecule has 1 N–H and O–H groups in total. The Balaban J connectivity index is 1.22. The number of benzene rings is 6. The largest absolute Gasteiger partial charge is 0.462 e. The van der Waals surface area contributed by atoms with E-state index in [0.29, 0.717) is 0 Å². The third-order valence-corrected chi connectivity index (χ3v) is 13.9. The van der Waals surface area contributed by atoms with E-state index in [1.807, 2.05) is 0 Å². The molecule has 0 radical (unpaired) electrons. The van der Waals surface area contributed by atoms with Gasteiger partial charge in [0.05, 0.1) is 19.1 Å².